The van der Waals surface area contributed by atoms with E-state index in [-0.39, 0.29) is 18.1 Å². The van der Waals surface area contributed by atoms with Gasteiger partial charge in [0, 0.05) is 6.04 Å². The summed E-state index contributed by atoms with van der Waals surface area (Å²) in [6.45, 7) is 6.21. The molecule has 2 aliphatic rings. The fourth-order valence-corrected chi connectivity index (χ4v) is 3.41. The maximum absolute atomic E-state index is 12.6. The molecule has 0 bridgehead atoms. The van der Waals surface area contributed by atoms with Crippen molar-refractivity contribution >= 4 is 5.91 Å². The summed E-state index contributed by atoms with van der Waals surface area (Å²) in [6.07, 6.45) is 2.17. The summed E-state index contributed by atoms with van der Waals surface area (Å²) in [7, 11) is 2.15. The summed E-state index contributed by atoms with van der Waals surface area (Å²) < 4.78 is 0. The lowest BCUT2D eigenvalue weighted by Crippen LogP contribution is -2.46. The highest BCUT2D eigenvalue weighted by atomic mass is 16.2. The molecule has 1 N–H and O–H groups in total. The Hall–Kier alpha value is -1.39. The van der Waals surface area contributed by atoms with Gasteiger partial charge in [0.05, 0.1) is 6.04 Å². The molecule has 114 valence electrons. The Kier molecular flexibility index (Phi) is 4.00. The van der Waals surface area contributed by atoms with Crippen molar-refractivity contribution in [1.29, 1.82) is 0 Å². The first-order chi connectivity index (χ1) is 10.1. The molecule has 1 aromatic rings. The van der Waals surface area contributed by atoms with Crippen molar-refractivity contribution in [2.75, 3.05) is 20.1 Å². The molecule has 2 unspecified atom stereocenters. The minimum atomic E-state index is -0.0871. The smallest absolute Gasteiger partial charge is 0.241 e. The maximum Gasteiger partial charge on any atom is 0.241 e. The number of aryl methyl sites for hydroxylation is 1. The SMILES string of the molecule is Cc1ccc(C2NC(C)C(=O)N2C2CCN(C)CC2)cc1. The molecule has 3 rings (SSSR count). The third-order valence-corrected chi connectivity index (χ3v) is 4.79. The van der Waals surface area contributed by atoms with Crippen molar-refractivity contribution in [3.05, 3.63) is 35.4 Å². The summed E-state index contributed by atoms with van der Waals surface area (Å²) in [6, 6.07) is 8.79. The number of hydrogen-bond donors (Lipinski definition) is 1. The first-order valence-electron chi connectivity index (χ1n) is 7.89. The van der Waals surface area contributed by atoms with Crippen molar-refractivity contribution in [3.8, 4) is 0 Å². The maximum atomic E-state index is 12.6. The summed E-state index contributed by atoms with van der Waals surface area (Å²) in [4.78, 5) is 17.0. The van der Waals surface area contributed by atoms with E-state index in [0.717, 1.165) is 25.9 Å². The standard InChI is InChI=1S/C17H25N3O/c1-12-4-6-14(7-5-12)16-18-13(2)17(21)20(16)15-8-10-19(3)11-9-15/h4-7,13,15-16,18H,8-11H2,1-3H3. The van der Waals surface area contributed by atoms with E-state index in [4.69, 9.17) is 0 Å². The van der Waals surface area contributed by atoms with Crippen LogP contribution in [-0.2, 0) is 4.79 Å². The molecular weight excluding hydrogens is 262 g/mol. The van der Waals surface area contributed by atoms with Crippen LogP contribution in [0.15, 0.2) is 24.3 Å². The predicted octanol–water partition coefficient (Wildman–Crippen LogP) is 1.91. The van der Waals surface area contributed by atoms with E-state index in [2.05, 4.69) is 53.4 Å². The van der Waals surface area contributed by atoms with Gasteiger partial charge in [0.1, 0.15) is 6.17 Å². The van der Waals surface area contributed by atoms with E-state index < -0.39 is 0 Å². The molecule has 2 heterocycles. The molecule has 0 spiro atoms. The Balaban J connectivity index is 1.84. The molecule has 0 aliphatic carbocycles. The quantitative estimate of drug-likeness (QED) is 0.902. The second kappa shape index (κ2) is 5.78. The third kappa shape index (κ3) is 2.83. The first-order valence-corrected chi connectivity index (χ1v) is 7.89. The summed E-state index contributed by atoms with van der Waals surface area (Å²) >= 11 is 0. The number of benzene rings is 1. The number of carbonyl (C=O) groups excluding carboxylic acids is 1. The molecule has 2 saturated heterocycles. The molecule has 4 heteroatoms. The van der Waals surface area contributed by atoms with E-state index in [1.807, 2.05) is 6.92 Å². The van der Waals surface area contributed by atoms with E-state index >= 15 is 0 Å². The number of piperidine rings is 1. The number of nitrogens with one attached hydrogen (secondary N) is 1. The van der Waals surface area contributed by atoms with Gasteiger partial charge in [0.15, 0.2) is 0 Å². The lowest BCUT2D eigenvalue weighted by molar-refractivity contribution is -0.133. The van der Waals surface area contributed by atoms with Crippen molar-refractivity contribution in [1.82, 2.24) is 15.1 Å². The van der Waals surface area contributed by atoms with Crippen molar-refractivity contribution in [2.24, 2.45) is 0 Å². The topological polar surface area (TPSA) is 35.6 Å². The highest BCUT2D eigenvalue weighted by Gasteiger charge is 2.41. The largest absolute Gasteiger partial charge is 0.318 e. The molecule has 0 saturated carbocycles. The van der Waals surface area contributed by atoms with Crippen LogP contribution in [-0.4, -0.2) is 47.9 Å². The lowest BCUT2D eigenvalue weighted by atomic mass is 10.0. The van der Waals surface area contributed by atoms with Crippen molar-refractivity contribution < 1.29 is 4.79 Å². The normalized spacial score (nSPS) is 28.3. The van der Waals surface area contributed by atoms with Crippen molar-refractivity contribution in [3.63, 3.8) is 0 Å². The van der Waals surface area contributed by atoms with Gasteiger partial charge in [-0.25, -0.2) is 0 Å². The number of carbonyl (C=O) groups is 1. The zero-order chi connectivity index (χ0) is 15.0. The molecule has 1 amide bonds. The van der Waals surface area contributed by atoms with Crippen molar-refractivity contribution in [2.45, 2.75) is 44.9 Å². The van der Waals surface area contributed by atoms with Gasteiger partial charge in [-0.05, 0) is 52.4 Å². The van der Waals surface area contributed by atoms with Crippen LogP contribution in [0.2, 0.25) is 0 Å². The average molecular weight is 287 g/mol. The number of rotatable bonds is 2. The van der Waals surface area contributed by atoms with Crippen LogP contribution in [0.1, 0.15) is 37.1 Å². The van der Waals surface area contributed by atoms with Crippen LogP contribution in [0.5, 0.6) is 0 Å². The van der Waals surface area contributed by atoms with Gasteiger partial charge in [-0.15, -0.1) is 0 Å². The molecular formula is C17H25N3O. The summed E-state index contributed by atoms with van der Waals surface area (Å²) in [5.74, 6) is 0.245. The van der Waals surface area contributed by atoms with Crippen LogP contribution in [0.4, 0.5) is 0 Å². The van der Waals surface area contributed by atoms with Gasteiger partial charge < -0.3 is 9.80 Å². The number of amides is 1. The van der Waals surface area contributed by atoms with E-state index in [1.165, 1.54) is 11.1 Å². The first kappa shape index (κ1) is 14.5. The highest BCUT2D eigenvalue weighted by molar-refractivity contribution is 5.84. The van der Waals surface area contributed by atoms with Gasteiger partial charge in [-0.1, -0.05) is 29.8 Å². The fourth-order valence-electron chi connectivity index (χ4n) is 3.41. The number of nitrogens with zero attached hydrogens (tertiary/aromatic N) is 2. The Morgan fingerprint density at radius 2 is 1.76 bits per heavy atom. The Bertz CT molecular complexity index is 505. The Labute approximate surface area is 127 Å². The Morgan fingerprint density at radius 1 is 1.14 bits per heavy atom. The molecule has 0 radical (unpaired) electrons. The minimum Gasteiger partial charge on any atom is -0.318 e. The van der Waals surface area contributed by atoms with Crippen LogP contribution in [0.3, 0.4) is 0 Å². The summed E-state index contributed by atoms with van der Waals surface area (Å²) in [5.41, 5.74) is 2.44. The van der Waals surface area contributed by atoms with E-state index in [9.17, 15) is 4.79 Å². The molecule has 1 aromatic carbocycles. The van der Waals surface area contributed by atoms with Crippen LogP contribution in [0, 0.1) is 6.92 Å². The van der Waals surface area contributed by atoms with Gasteiger partial charge in [-0.3, -0.25) is 10.1 Å². The molecule has 2 atom stereocenters. The van der Waals surface area contributed by atoms with Gasteiger partial charge >= 0.3 is 0 Å². The highest BCUT2D eigenvalue weighted by Crippen LogP contribution is 2.31. The van der Waals surface area contributed by atoms with Crippen LogP contribution in [0.25, 0.3) is 0 Å². The molecule has 4 nitrogen and oxygen atoms in total. The second-order valence-electron chi connectivity index (χ2n) is 6.48. The van der Waals surface area contributed by atoms with E-state index in [1.54, 1.807) is 0 Å². The van der Waals surface area contributed by atoms with E-state index in [0.29, 0.717) is 6.04 Å². The zero-order valence-corrected chi connectivity index (χ0v) is 13.2. The minimum absolute atomic E-state index is 0.0292. The predicted molar refractivity (Wildman–Crippen MR) is 83.9 cm³/mol. The number of hydrogen-bond acceptors (Lipinski definition) is 3. The van der Waals surface area contributed by atoms with Gasteiger partial charge in [0.25, 0.3) is 0 Å². The average Bonchev–Trinajstić information content (AvgIpc) is 2.77. The molecule has 2 aliphatic heterocycles. The van der Waals surface area contributed by atoms with Crippen LogP contribution >= 0.6 is 0 Å². The van der Waals surface area contributed by atoms with Gasteiger partial charge in [-0.2, -0.15) is 0 Å². The Morgan fingerprint density at radius 3 is 2.38 bits per heavy atom. The summed E-state index contributed by atoms with van der Waals surface area (Å²) in [5, 5.41) is 3.46. The van der Waals surface area contributed by atoms with Gasteiger partial charge in [0.2, 0.25) is 5.91 Å². The fraction of sp³-hybridized carbons (Fsp3) is 0.588. The lowest BCUT2D eigenvalue weighted by Gasteiger charge is -2.38. The van der Waals surface area contributed by atoms with Crippen LogP contribution < -0.4 is 5.32 Å². The number of likely N-dealkylation sites (tertiary alicyclic amines) is 1. The molecule has 2 fully saturated rings. The zero-order valence-electron chi connectivity index (χ0n) is 13.2. The molecule has 21 heavy (non-hydrogen) atoms. The molecule has 0 aromatic heterocycles. The second-order valence-corrected chi connectivity index (χ2v) is 6.48. The third-order valence-electron chi connectivity index (χ3n) is 4.79. The monoisotopic (exact) mass is 287 g/mol.